The summed E-state index contributed by atoms with van der Waals surface area (Å²) in [6, 6.07) is 6.08. The Bertz CT molecular complexity index is 453. The highest BCUT2D eigenvalue weighted by Crippen LogP contribution is 2.23. The smallest absolute Gasteiger partial charge is 0.254 e. The molecule has 1 heterocycles. The molecule has 1 unspecified atom stereocenters. The van der Waals surface area contributed by atoms with Crippen LogP contribution in [0.25, 0.3) is 0 Å². The Hall–Kier alpha value is -0.710. The van der Waals surface area contributed by atoms with Crippen molar-refractivity contribution in [2.75, 3.05) is 25.9 Å². The molecule has 19 heavy (non-hydrogen) atoms. The largest absolute Gasteiger partial charge is 0.338 e. The first kappa shape index (κ1) is 16.3. The van der Waals surface area contributed by atoms with E-state index >= 15 is 0 Å². The van der Waals surface area contributed by atoms with Gasteiger partial charge in [0.2, 0.25) is 0 Å². The molecule has 1 aliphatic heterocycles. The van der Waals surface area contributed by atoms with E-state index in [9.17, 15) is 4.79 Å². The summed E-state index contributed by atoms with van der Waals surface area (Å²) in [6.07, 6.45) is 3.06. The highest BCUT2D eigenvalue weighted by molar-refractivity contribution is 7.98. The molecule has 0 bridgehead atoms. The van der Waals surface area contributed by atoms with Crippen LogP contribution in [-0.2, 0) is 0 Å². The molecule has 3 nitrogen and oxygen atoms in total. The second kappa shape index (κ2) is 7.17. The zero-order valence-electron chi connectivity index (χ0n) is 11.4. The van der Waals surface area contributed by atoms with E-state index in [-0.39, 0.29) is 18.3 Å². The molecule has 5 heteroatoms. The summed E-state index contributed by atoms with van der Waals surface area (Å²) in [6.45, 7) is 4.31. The molecular weight excluding hydrogens is 280 g/mol. The van der Waals surface area contributed by atoms with Crippen molar-refractivity contribution in [1.82, 2.24) is 4.90 Å². The lowest BCUT2D eigenvalue weighted by Crippen LogP contribution is -2.30. The van der Waals surface area contributed by atoms with Crippen molar-refractivity contribution < 1.29 is 4.79 Å². The zero-order chi connectivity index (χ0) is 13.1. The zero-order valence-corrected chi connectivity index (χ0v) is 13.0. The fourth-order valence-electron chi connectivity index (χ4n) is 2.34. The molecule has 1 aromatic rings. The Labute approximate surface area is 125 Å². The van der Waals surface area contributed by atoms with Gasteiger partial charge in [-0.2, -0.15) is 0 Å². The maximum Gasteiger partial charge on any atom is 0.254 e. The lowest BCUT2D eigenvalue weighted by molar-refractivity contribution is 0.0786. The van der Waals surface area contributed by atoms with E-state index in [2.05, 4.69) is 6.07 Å². The number of benzene rings is 1. The van der Waals surface area contributed by atoms with E-state index < -0.39 is 0 Å². The van der Waals surface area contributed by atoms with E-state index in [0.29, 0.717) is 12.5 Å². The number of carbonyl (C=O) groups excluding carboxylic acids is 1. The van der Waals surface area contributed by atoms with Gasteiger partial charge in [0, 0.05) is 23.5 Å². The van der Waals surface area contributed by atoms with Crippen LogP contribution in [0.2, 0.25) is 0 Å². The third-order valence-corrected chi connectivity index (χ3v) is 4.31. The number of carbonyl (C=O) groups is 1. The summed E-state index contributed by atoms with van der Waals surface area (Å²) in [7, 11) is 0. The lowest BCUT2D eigenvalue weighted by Gasteiger charge is -2.18. The van der Waals surface area contributed by atoms with E-state index in [1.807, 2.05) is 30.2 Å². The van der Waals surface area contributed by atoms with Crippen LogP contribution >= 0.6 is 24.2 Å². The fourth-order valence-corrected chi connectivity index (χ4v) is 2.78. The van der Waals surface area contributed by atoms with E-state index in [1.54, 1.807) is 11.8 Å². The summed E-state index contributed by atoms with van der Waals surface area (Å²) < 4.78 is 0. The number of halogens is 1. The van der Waals surface area contributed by atoms with E-state index in [1.165, 1.54) is 0 Å². The van der Waals surface area contributed by atoms with Gasteiger partial charge in [-0.25, -0.2) is 0 Å². The fraction of sp³-hybridized carbons (Fsp3) is 0.500. The topological polar surface area (TPSA) is 46.3 Å². The predicted molar refractivity (Wildman–Crippen MR) is 83.3 cm³/mol. The first-order valence-electron chi connectivity index (χ1n) is 6.29. The molecule has 2 N–H and O–H groups in total. The van der Waals surface area contributed by atoms with Crippen LogP contribution in [0.15, 0.2) is 23.1 Å². The molecular formula is C14H21ClN2OS. The average molecular weight is 301 g/mol. The lowest BCUT2D eigenvalue weighted by atomic mass is 10.1. The number of rotatable bonds is 3. The van der Waals surface area contributed by atoms with Crippen molar-refractivity contribution in [3.8, 4) is 0 Å². The van der Waals surface area contributed by atoms with Gasteiger partial charge >= 0.3 is 0 Å². The van der Waals surface area contributed by atoms with Crippen LogP contribution < -0.4 is 5.73 Å². The molecule has 1 aliphatic rings. The minimum Gasteiger partial charge on any atom is -0.338 e. The minimum absolute atomic E-state index is 0. The number of nitrogens with zero attached hydrogens (tertiary/aromatic N) is 1. The van der Waals surface area contributed by atoms with Crippen molar-refractivity contribution in [2.45, 2.75) is 18.2 Å². The first-order chi connectivity index (χ1) is 8.65. The molecule has 1 fully saturated rings. The van der Waals surface area contributed by atoms with Crippen LogP contribution in [0.3, 0.4) is 0 Å². The Balaban J connectivity index is 0.00000180. The van der Waals surface area contributed by atoms with Gasteiger partial charge < -0.3 is 10.6 Å². The summed E-state index contributed by atoms with van der Waals surface area (Å²) in [5.74, 6) is 0.623. The Kier molecular flexibility index (Phi) is 6.17. The molecule has 0 saturated carbocycles. The number of aryl methyl sites for hydroxylation is 1. The van der Waals surface area contributed by atoms with E-state index in [4.69, 9.17) is 5.73 Å². The van der Waals surface area contributed by atoms with Gasteiger partial charge in [0.15, 0.2) is 0 Å². The number of hydrogen-bond donors (Lipinski definition) is 1. The van der Waals surface area contributed by atoms with Crippen LogP contribution in [-0.4, -0.2) is 36.7 Å². The first-order valence-corrected chi connectivity index (χ1v) is 7.52. The Morgan fingerprint density at radius 1 is 1.53 bits per heavy atom. The molecule has 0 aromatic heterocycles. The minimum atomic E-state index is 0. The highest BCUT2D eigenvalue weighted by atomic mass is 35.5. The maximum absolute atomic E-state index is 12.5. The Morgan fingerprint density at radius 3 is 2.84 bits per heavy atom. The summed E-state index contributed by atoms with van der Waals surface area (Å²) in [4.78, 5) is 15.5. The van der Waals surface area contributed by atoms with Crippen molar-refractivity contribution in [3.05, 3.63) is 29.3 Å². The second-order valence-corrected chi connectivity index (χ2v) is 5.70. The van der Waals surface area contributed by atoms with Crippen LogP contribution in [0, 0.1) is 12.8 Å². The summed E-state index contributed by atoms with van der Waals surface area (Å²) in [5.41, 5.74) is 7.55. The molecule has 0 radical (unpaired) electrons. The number of nitrogens with two attached hydrogens (primary N) is 1. The molecule has 1 saturated heterocycles. The van der Waals surface area contributed by atoms with Crippen molar-refractivity contribution in [2.24, 2.45) is 11.7 Å². The SMILES string of the molecule is CSc1ccc(C)c(C(=O)N2CCC(CN)C2)c1.Cl. The van der Waals surface area contributed by atoms with Crippen LogP contribution in [0.1, 0.15) is 22.3 Å². The van der Waals surface area contributed by atoms with Gasteiger partial charge in [0.05, 0.1) is 0 Å². The monoisotopic (exact) mass is 300 g/mol. The van der Waals surface area contributed by atoms with Gasteiger partial charge in [-0.05, 0) is 49.8 Å². The normalized spacial score (nSPS) is 18.3. The molecule has 2 rings (SSSR count). The molecule has 1 atom stereocenters. The van der Waals surface area contributed by atoms with Crippen molar-refractivity contribution in [3.63, 3.8) is 0 Å². The third-order valence-electron chi connectivity index (χ3n) is 3.58. The molecule has 0 spiro atoms. The average Bonchev–Trinajstić information content (AvgIpc) is 2.87. The Morgan fingerprint density at radius 2 is 2.26 bits per heavy atom. The van der Waals surface area contributed by atoms with Gasteiger partial charge in [0.25, 0.3) is 5.91 Å². The van der Waals surface area contributed by atoms with Crippen molar-refractivity contribution in [1.29, 1.82) is 0 Å². The van der Waals surface area contributed by atoms with Gasteiger partial charge in [-0.3, -0.25) is 4.79 Å². The maximum atomic E-state index is 12.5. The molecule has 1 amide bonds. The van der Waals surface area contributed by atoms with Crippen molar-refractivity contribution >= 4 is 30.1 Å². The van der Waals surface area contributed by atoms with Gasteiger partial charge in [-0.15, -0.1) is 24.2 Å². The van der Waals surface area contributed by atoms with E-state index in [0.717, 1.165) is 35.5 Å². The number of likely N-dealkylation sites (tertiary alicyclic amines) is 1. The molecule has 0 aliphatic carbocycles. The third kappa shape index (κ3) is 3.65. The summed E-state index contributed by atoms with van der Waals surface area (Å²) in [5, 5.41) is 0. The molecule has 106 valence electrons. The van der Waals surface area contributed by atoms with Crippen LogP contribution in [0.5, 0.6) is 0 Å². The van der Waals surface area contributed by atoms with Crippen LogP contribution in [0.4, 0.5) is 0 Å². The van der Waals surface area contributed by atoms with Gasteiger partial charge in [-0.1, -0.05) is 6.07 Å². The number of thioether (sulfide) groups is 1. The quantitative estimate of drug-likeness (QED) is 0.873. The number of hydrogen-bond acceptors (Lipinski definition) is 3. The standard InChI is InChI=1S/C14H20N2OS.ClH/c1-10-3-4-12(18-2)7-13(10)14(17)16-6-5-11(8-15)9-16;/h3-4,7,11H,5-6,8-9,15H2,1-2H3;1H. The predicted octanol–water partition coefficient (Wildman–Crippen LogP) is 2.56. The second-order valence-electron chi connectivity index (χ2n) is 4.82. The van der Waals surface area contributed by atoms with Gasteiger partial charge in [0.1, 0.15) is 0 Å². The number of amides is 1. The summed E-state index contributed by atoms with van der Waals surface area (Å²) >= 11 is 1.67. The molecule has 1 aromatic carbocycles. The highest BCUT2D eigenvalue weighted by Gasteiger charge is 2.26.